The van der Waals surface area contributed by atoms with Gasteiger partial charge in [-0.05, 0) is 26.8 Å². The zero-order valence-corrected chi connectivity index (χ0v) is 21.2. The average Bonchev–Trinajstić information content (AvgIpc) is 3.00. The summed E-state index contributed by atoms with van der Waals surface area (Å²) in [6.07, 6.45) is -3.37. The first-order valence-corrected chi connectivity index (χ1v) is 11.1. The van der Waals surface area contributed by atoms with Crippen LogP contribution in [-0.4, -0.2) is 58.3 Å². The molecular weight excluding hydrogens is 462 g/mol. The van der Waals surface area contributed by atoms with Crippen LogP contribution in [0.25, 0.3) is 0 Å². The normalized spacial score (nSPS) is 22.3. The number of nitrogens with one attached hydrogen (secondary N) is 1. The van der Waals surface area contributed by atoms with Crippen LogP contribution in [0.15, 0.2) is 17.1 Å². The van der Waals surface area contributed by atoms with Crippen molar-refractivity contribution in [1.29, 1.82) is 0 Å². The number of hydrogen-bond donors (Lipinski definition) is 1. The largest absolute Gasteiger partial charge is 0.462 e. The smallest absolute Gasteiger partial charge is 0.351 e. The maximum absolute atomic E-state index is 12.8. The van der Waals surface area contributed by atoms with Gasteiger partial charge in [-0.3, -0.25) is 23.7 Å². The topological polar surface area (TPSA) is 152 Å². The monoisotopic (exact) mass is 495 g/mol. The fourth-order valence-electron chi connectivity index (χ4n) is 3.07. The number of carbonyl (C=O) groups is 4. The lowest BCUT2D eigenvalue weighted by molar-refractivity contribution is -0.167. The SMILES string of the molecule is CC(=O)O[C@@H]1[C@H](OC(C)=O)[C@@H](COC(=O)C(C)(C)C)O[C@H]1n1ccc(NC(=O)C(C)(C)C)nc1=O. The maximum Gasteiger partial charge on any atom is 0.351 e. The Bertz CT molecular complexity index is 1040. The van der Waals surface area contributed by atoms with Crippen molar-refractivity contribution in [3.05, 3.63) is 22.7 Å². The highest BCUT2D eigenvalue weighted by molar-refractivity contribution is 5.93. The second-order valence-corrected chi connectivity index (χ2v) is 10.3. The summed E-state index contributed by atoms with van der Waals surface area (Å²) in [6.45, 7) is 12.1. The highest BCUT2D eigenvalue weighted by Crippen LogP contribution is 2.34. The van der Waals surface area contributed by atoms with Gasteiger partial charge in [0.2, 0.25) is 5.91 Å². The maximum atomic E-state index is 12.8. The second kappa shape index (κ2) is 10.5. The second-order valence-electron chi connectivity index (χ2n) is 10.3. The van der Waals surface area contributed by atoms with Gasteiger partial charge >= 0.3 is 23.6 Å². The third kappa shape index (κ3) is 7.35. The third-order valence-corrected chi connectivity index (χ3v) is 4.91. The number of anilines is 1. The highest BCUT2D eigenvalue weighted by Gasteiger charge is 2.51. The van der Waals surface area contributed by atoms with Crippen LogP contribution in [0.4, 0.5) is 5.82 Å². The Morgan fingerprint density at radius 3 is 2.06 bits per heavy atom. The van der Waals surface area contributed by atoms with E-state index < -0.39 is 59.0 Å². The number of nitrogens with zero attached hydrogens (tertiary/aromatic N) is 2. The predicted octanol–water partition coefficient (Wildman–Crippen LogP) is 1.58. The molecule has 2 rings (SSSR count). The summed E-state index contributed by atoms with van der Waals surface area (Å²) in [7, 11) is 0. The Hall–Kier alpha value is -3.28. The van der Waals surface area contributed by atoms with E-state index >= 15 is 0 Å². The highest BCUT2D eigenvalue weighted by atomic mass is 16.7. The first kappa shape index (κ1) is 28.0. The van der Waals surface area contributed by atoms with Crippen molar-refractivity contribution in [2.75, 3.05) is 11.9 Å². The molecule has 4 atom stereocenters. The van der Waals surface area contributed by atoms with Gasteiger partial charge in [-0.1, -0.05) is 20.8 Å². The zero-order chi connectivity index (χ0) is 26.7. The summed E-state index contributed by atoms with van der Waals surface area (Å²) < 4.78 is 22.9. The molecule has 1 saturated heterocycles. The van der Waals surface area contributed by atoms with Gasteiger partial charge < -0.3 is 24.3 Å². The molecule has 0 saturated carbocycles. The van der Waals surface area contributed by atoms with Gasteiger partial charge in [0.1, 0.15) is 18.5 Å². The van der Waals surface area contributed by atoms with Crippen LogP contribution in [0.2, 0.25) is 0 Å². The van der Waals surface area contributed by atoms with Gasteiger partial charge in [0.25, 0.3) is 0 Å². The summed E-state index contributed by atoms with van der Waals surface area (Å²) in [6, 6.07) is 1.38. The summed E-state index contributed by atoms with van der Waals surface area (Å²) in [5.41, 5.74) is -2.31. The average molecular weight is 496 g/mol. The van der Waals surface area contributed by atoms with Gasteiger partial charge in [-0.15, -0.1) is 0 Å². The lowest BCUT2D eigenvalue weighted by Gasteiger charge is -2.24. The zero-order valence-electron chi connectivity index (χ0n) is 21.2. The van der Waals surface area contributed by atoms with Gasteiger partial charge in [-0.2, -0.15) is 4.98 Å². The van der Waals surface area contributed by atoms with Crippen LogP contribution in [0.1, 0.15) is 61.6 Å². The summed E-state index contributed by atoms with van der Waals surface area (Å²) in [5.74, 6) is -2.22. The van der Waals surface area contributed by atoms with Crippen molar-refractivity contribution in [2.24, 2.45) is 10.8 Å². The number of ether oxygens (including phenoxy) is 4. The van der Waals surface area contributed by atoms with Crippen molar-refractivity contribution < 1.29 is 38.1 Å². The van der Waals surface area contributed by atoms with Gasteiger partial charge in [0.05, 0.1) is 5.41 Å². The van der Waals surface area contributed by atoms with Gasteiger partial charge in [0.15, 0.2) is 18.4 Å². The van der Waals surface area contributed by atoms with E-state index in [1.807, 2.05) is 0 Å². The van der Waals surface area contributed by atoms with Crippen LogP contribution in [0, 0.1) is 10.8 Å². The third-order valence-electron chi connectivity index (χ3n) is 4.91. The summed E-state index contributed by atoms with van der Waals surface area (Å²) >= 11 is 0. The molecule has 12 heteroatoms. The fourth-order valence-corrected chi connectivity index (χ4v) is 3.07. The van der Waals surface area contributed by atoms with Gasteiger partial charge in [0, 0.05) is 25.5 Å². The molecule has 0 spiro atoms. The molecule has 1 aliphatic rings. The van der Waals surface area contributed by atoms with Crippen molar-refractivity contribution in [2.45, 2.75) is 79.9 Å². The van der Waals surface area contributed by atoms with Crippen molar-refractivity contribution >= 4 is 29.6 Å². The molecule has 2 heterocycles. The summed E-state index contributed by atoms with van der Waals surface area (Å²) in [5, 5.41) is 2.56. The first-order valence-electron chi connectivity index (χ1n) is 11.1. The van der Waals surface area contributed by atoms with E-state index in [4.69, 9.17) is 18.9 Å². The number of aromatic nitrogens is 2. The molecule has 1 aromatic rings. The van der Waals surface area contributed by atoms with Crippen LogP contribution < -0.4 is 11.0 Å². The van der Waals surface area contributed by atoms with E-state index in [9.17, 15) is 24.0 Å². The molecule has 1 aromatic heterocycles. The number of amides is 1. The Morgan fingerprint density at radius 2 is 1.57 bits per heavy atom. The minimum absolute atomic E-state index is 0.0281. The quantitative estimate of drug-likeness (QED) is 0.455. The van der Waals surface area contributed by atoms with Crippen LogP contribution in [0.5, 0.6) is 0 Å². The first-order chi connectivity index (χ1) is 16.0. The lowest BCUT2D eigenvalue weighted by atomic mass is 9.96. The molecule has 0 aromatic carbocycles. The number of hydrogen-bond acceptors (Lipinski definition) is 10. The van der Waals surface area contributed by atoms with E-state index in [-0.39, 0.29) is 18.3 Å². The summed E-state index contributed by atoms with van der Waals surface area (Å²) in [4.78, 5) is 64.7. The molecule has 12 nitrogen and oxygen atoms in total. The van der Waals surface area contributed by atoms with E-state index in [0.717, 1.165) is 18.4 Å². The molecule has 1 amide bonds. The van der Waals surface area contributed by atoms with Crippen molar-refractivity contribution in [1.82, 2.24) is 9.55 Å². The molecule has 0 radical (unpaired) electrons. The number of esters is 3. The number of carbonyl (C=O) groups excluding carboxylic acids is 4. The lowest BCUT2D eigenvalue weighted by Crippen LogP contribution is -2.42. The van der Waals surface area contributed by atoms with E-state index in [1.54, 1.807) is 41.5 Å². The van der Waals surface area contributed by atoms with E-state index in [2.05, 4.69) is 10.3 Å². The Labute approximate surface area is 203 Å². The predicted molar refractivity (Wildman–Crippen MR) is 122 cm³/mol. The molecule has 0 bridgehead atoms. The fraction of sp³-hybridized carbons (Fsp3) is 0.652. The minimum Gasteiger partial charge on any atom is -0.462 e. The minimum atomic E-state index is -1.24. The van der Waals surface area contributed by atoms with E-state index in [1.165, 1.54) is 12.3 Å². The van der Waals surface area contributed by atoms with Crippen LogP contribution in [-0.2, 0) is 38.1 Å². The molecule has 1 aliphatic heterocycles. The van der Waals surface area contributed by atoms with Crippen molar-refractivity contribution in [3.63, 3.8) is 0 Å². The number of rotatable bonds is 6. The van der Waals surface area contributed by atoms with E-state index in [0.29, 0.717) is 0 Å². The standard InChI is InChI=1S/C23H33N3O9/c1-12(27)33-16-14(11-32-20(30)23(6,7)8)35-18(17(16)34-13(2)28)26-10-9-15(25-21(26)31)24-19(29)22(3,4)5/h9-10,14,16-18H,11H2,1-8H3,(H,24,25,29,31)/t14-,16-,17-,18-/m1/s1. The molecule has 35 heavy (non-hydrogen) atoms. The van der Waals surface area contributed by atoms with Crippen LogP contribution >= 0.6 is 0 Å². The molecule has 0 unspecified atom stereocenters. The molecular formula is C23H33N3O9. The molecule has 1 N–H and O–H groups in total. The van der Waals surface area contributed by atoms with Crippen LogP contribution in [0.3, 0.4) is 0 Å². The Morgan fingerprint density at radius 1 is 1.00 bits per heavy atom. The molecule has 0 aliphatic carbocycles. The Kier molecular flexibility index (Phi) is 8.43. The molecule has 194 valence electrons. The molecule has 1 fully saturated rings. The van der Waals surface area contributed by atoms with Gasteiger partial charge in [-0.25, -0.2) is 4.79 Å². The Balaban J connectivity index is 2.38. The van der Waals surface area contributed by atoms with Crippen molar-refractivity contribution in [3.8, 4) is 0 Å².